The molecule has 2 fully saturated rings. The highest BCUT2D eigenvalue weighted by Gasteiger charge is 2.39. The molecule has 2 aliphatic heterocycles. The van der Waals surface area contributed by atoms with Gasteiger partial charge in [0, 0.05) is 46.3 Å². The van der Waals surface area contributed by atoms with Crippen LogP contribution in [0.2, 0.25) is 0 Å². The molecule has 0 aromatic carbocycles. The van der Waals surface area contributed by atoms with Crippen LogP contribution < -0.4 is 0 Å². The van der Waals surface area contributed by atoms with Gasteiger partial charge in [0.25, 0.3) is 5.91 Å². The number of likely N-dealkylation sites (tertiary alicyclic amines) is 1. The zero-order valence-electron chi connectivity index (χ0n) is 15.2. The SMILES string of the molecule is COC[C@@H](C)N1C[C@@H](C(=O)N2CCN(C(=O)c3ccco3)CC2)CC1=O. The van der Waals surface area contributed by atoms with E-state index in [1.54, 1.807) is 33.9 Å². The van der Waals surface area contributed by atoms with Gasteiger partial charge in [-0.1, -0.05) is 0 Å². The maximum Gasteiger partial charge on any atom is 0.289 e. The van der Waals surface area contributed by atoms with Gasteiger partial charge < -0.3 is 23.9 Å². The summed E-state index contributed by atoms with van der Waals surface area (Å²) in [4.78, 5) is 42.4. The van der Waals surface area contributed by atoms with Crippen molar-refractivity contribution < 1.29 is 23.5 Å². The Morgan fingerprint density at radius 3 is 2.58 bits per heavy atom. The Bertz CT molecular complexity index is 652. The van der Waals surface area contributed by atoms with Gasteiger partial charge in [-0.15, -0.1) is 0 Å². The largest absolute Gasteiger partial charge is 0.459 e. The number of nitrogens with zero attached hydrogens (tertiary/aromatic N) is 3. The normalized spacial score (nSPS) is 22.0. The highest BCUT2D eigenvalue weighted by Crippen LogP contribution is 2.23. The van der Waals surface area contributed by atoms with E-state index in [0.29, 0.717) is 45.1 Å². The minimum atomic E-state index is -0.311. The molecule has 2 atom stereocenters. The van der Waals surface area contributed by atoms with Gasteiger partial charge >= 0.3 is 0 Å². The van der Waals surface area contributed by atoms with Gasteiger partial charge in [0.2, 0.25) is 11.8 Å². The van der Waals surface area contributed by atoms with Crippen LogP contribution in [0.5, 0.6) is 0 Å². The van der Waals surface area contributed by atoms with E-state index in [9.17, 15) is 14.4 Å². The van der Waals surface area contributed by atoms with Gasteiger partial charge in [-0.05, 0) is 19.1 Å². The Balaban J connectivity index is 1.52. The number of carbonyl (C=O) groups excluding carboxylic acids is 3. The van der Waals surface area contributed by atoms with E-state index in [-0.39, 0.29) is 36.1 Å². The van der Waals surface area contributed by atoms with Crippen molar-refractivity contribution in [1.82, 2.24) is 14.7 Å². The number of hydrogen-bond donors (Lipinski definition) is 0. The lowest BCUT2D eigenvalue weighted by atomic mass is 10.1. The molecule has 0 spiro atoms. The molecule has 2 saturated heterocycles. The zero-order valence-corrected chi connectivity index (χ0v) is 15.2. The molecule has 8 nitrogen and oxygen atoms in total. The highest BCUT2D eigenvalue weighted by atomic mass is 16.5. The fraction of sp³-hybridized carbons (Fsp3) is 0.611. The first-order valence-electron chi connectivity index (χ1n) is 8.91. The Morgan fingerprint density at radius 2 is 1.96 bits per heavy atom. The van der Waals surface area contributed by atoms with E-state index in [1.807, 2.05) is 6.92 Å². The van der Waals surface area contributed by atoms with Crippen LogP contribution in [-0.4, -0.2) is 84.9 Å². The lowest BCUT2D eigenvalue weighted by Crippen LogP contribution is -2.52. The molecule has 0 N–H and O–H groups in total. The van der Waals surface area contributed by atoms with Crippen molar-refractivity contribution >= 4 is 17.7 Å². The number of furan rings is 1. The topological polar surface area (TPSA) is 83.3 Å². The predicted molar refractivity (Wildman–Crippen MR) is 92.3 cm³/mol. The van der Waals surface area contributed by atoms with E-state index < -0.39 is 0 Å². The number of carbonyl (C=O) groups is 3. The second kappa shape index (κ2) is 7.90. The van der Waals surface area contributed by atoms with Crippen molar-refractivity contribution in [2.75, 3.05) is 46.4 Å². The van der Waals surface area contributed by atoms with Crippen LogP contribution in [-0.2, 0) is 14.3 Å². The lowest BCUT2D eigenvalue weighted by Gasteiger charge is -2.35. The predicted octanol–water partition coefficient (Wildman–Crippen LogP) is 0.447. The van der Waals surface area contributed by atoms with Gasteiger partial charge in [-0.2, -0.15) is 0 Å². The molecule has 0 aliphatic carbocycles. The van der Waals surface area contributed by atoms with E-state index in [2.05, 4.69) is 0 Å². The van der Waals surface area contributed by atoms with Crippen molar-refractivity contribution in [3.05, 3.63) is 24.2 Å². The Hall–Kier alpha value is -2.35. The molecule has 0 bridgehead atoms. The second-order valence-corrected chi connectivity index (χ2v) is 6.85. The number of ether oxygens (including phenoxy) is 1. The maximum atomic E-state index is 12.8. The molecule has 0 radical (unpaired) electrons. The molecule has 8 heteroatoms. The summed E-state index contributed by atoms with van der Waals surface area (Å²) in [5.41, 5.74) is 0. The van der Waals surface area contributed by atoms with E-state index in [4.69, 9.17) is 9.15 Å². The third-order valence-electron chi connectivity index (χ3n) is 5.06. The summed E-state index contributed by atoms with van der Waals surface area (Å²) in [6, 6.07) is 3.29. The molecular formula is C18H25N3O5. The molecule has 1 aromatic heterocycles. The summed E-state index contributed by atoms with van der Waals surface area (Å²) >= 11 is 0. The summed E-state index contributed by atoms with van der Waals surface area (Å²) in [7, 11) is 1.60. The quantitative estimate of drug-likeness (QED) is 0.758. The van der Waals surface area contributed by atoms with Crippen LogP contribution in [0.1, 0.15) is 23.9 Å². The fourth-order valence-electron chi connectivity index (χ4n) is 3.60. The van der Waals surface area contributed by atoms with Crippen molar-refractivity contribution in [3.63, 3.8) is 0 Å². The molecule has 0 unspecified atom stereocenters. The molecule has 26 heavy (non-hydrogen) atoms. The van der Waals surface area contributed by atoms with Crippen LogP contribution in [0.15, 0.2) is 22.8 Å². The maximum absolute atomic E-state index is 12.8. The molecule has 3 heterocycles. The van der Waals surface area contributed by atoms with E-state index in [0.717, 1.165) is 0 Å². The standard InChI is InChI=1S/C18H25N3O5/c1-13(12-25-2)21-11-14(10-16(21)22)17(23)19-5-7-20(8-6-19)18(24)15-4-3-9-26-15/h3-4,9,13-14H,5-8,10-12H2,1-2H3/t13-,14+/m1/s1. The van der Waals surface area contributed by atoms with Crippen LogP contribution in [0.3, 0.4) is 0 Å². The lowest BCUT2D eigenvalue weighted by molar-refractivity contribution is -0.137. The van der Waals surface area contributed by atoms with E-state index >= 15 is 0 Å². The first-order chi connectivity index (χ1) is 12.5. The van der Waals surface area contributed by atoms with Crippen molar-refractivity contribution in [2.45, 2.75) is 19.4 Å². The first-order valence-corrected chi connectivity index (χ1v) is 8.91. The van der Waals surface area contributed by atoms with Crippen molar-refractivity contribution in [2.24, 2.45) is 5.92 Å². The smallest absolute Gasteiger partial charge is 0.289 e. The van der Waals surface area contributed by atoms with Gasteiger partial charge in [0.1, 0.15) is 0 Å². The minimum absolute atomic E-state index is 0.000432. The van der Waals surface area contributed by atoms with Gasteiger partial charge in [0.15, 0.2) is 5.76 Å². The molecule has 0 saturated carbocycles. The number of methoxy groups -OCH3 is 1. The van der Waals surface area contributed by atoms with Crippen LogP contribution in [0.25, 0.3) is 0 Å². The molecule has 1 aromatic rings. The highest BCUT2D eigenvalue weighted by molar-refractivity contribution is 5.92. The van der Waals surface area contributed by atoms with Crippen molar-refractivity contribution in [3.8, 4) is 0 Å². The molecule has 3 amide bonds. The summed E-state index contributed by atoms with van der Waals surface area (Å²) in [6.07, 6.45) is 1.72. The van der Waals surface area contributed by atoms with Crippen molar-refractivity contribution in [1.29, 1.82) is 0 Å². The Kier molecular flexibility index (Phi) is 5.61. The zero-order chi connectivity index (χ0) is 18.7. The molecule has 3 rings (SSSR count). The average Bonchev–Trinajstić information content (AvgIpc) is 3.30. The average molecular weight is 363 g/mol. The number of amides is 3. The monoisotopic (exact) mass is 363 g/mol. The van der Waals surface area contributed by atoms with E-state index in [1.165, 1.54) is 6.26 Å². The number of rotatable bonds is 5. The third-order valence-corrected chi connectivity index (χ3v) is 5.06. The fourth-order valence-corrected chi connectivity index (χ4v) is 3.60. The summed E-state index contributed by atoms with van der Waals surface area (Å²) in [5.74, 6) is -0.157. The van der Waals surface area contributed by atoms with Gasteiger partial charge in [-0.3, -0.25) is 14.4 Å². The second-order valence-electron chi connectivity index (χ2n) is 6.85. The Labute approximate surface area is 152 Å². The Morgan fingerprint density at radius 1 is 1.27 bits per heavy atom. The third kappa shape index (κ3) is 3.75. The molecule has 2 aliphatic rings. The van der Waals surface area contributed by atoms with Crippen LogP contribution in [0.4, 0.5) is 0 Å². The summed E-state index contributed by atoms with van der Waals surface area (Å²) in [5, 5.41) is 0. The van der Waals surface area contributed by atoms with Gasteiger partial charge in [-0.25, -0.2) is 0 Å². The minimum Gasteiger partial charge on any atom is -0.459 e. The first kappa shape index (κ1) is 18.4. The molecular weight excluding hydrogens is 338 g/mol. The summed E-state index contributed by atoms with van der Waals surface area (Å²) < 4.78 is 10.3. The van der Waals surface area contributed by atoms with Crippen LogP contribution in [0, 0.1) is 5.92 Å². The summed E-state index contributed by atoms with van der Waals surface area (Å²) in [6.45, 7) is 4.71. The van der Waals surface area contributed by atoms with Gasteiger partial charge in [0.05, 0.1) is 24.8 Å². The van der Waals surface area contributed by atoms with Crippen LogP contribution >= 0.6 is 0 Å². The number of hydrogen-bond acceptors (Lipinski definition) is 5. The molecule has 142 valence electrons. The number of piperazine rings is 1.